The van der Waals surface area contributed by atoms with E-state index >= 15 is 0 Å². The molecular formula is C10H12ClN3O3. The smallest absolute Gasteiger partial charge is 0.318 e. The van der Waals surface area contributed by atoms with E-state index in [1.165, 1.54) is 13.0 Å². The van der Waals surface area contributed by atoms with Crippen LogP contribution < -0.4 is 21.5 Å². The lowest BCUT2D eigenvalue weighted by atomic mass is 10.3. The molecule has 0 aliphatic rings. The van der Waals surface area contributed by atoms with Gasteiger partial charge in [0, 0.05) is 11.1 Å². The standard InChI is InChI=1S/C10H12ClN3O3/c1-5(9(15)14-10(13)16)17-8-4-6(11)2-3-7(8)12/h2-5H,12H2,1H3,(H3,13,14,15,16). The van der Waals surface area contributed by atoms with Crippen LogP contribution >= 0.6 is 11.6 Å². The summed E-state index contributed by atoms with van der Waals surface area (Å²) >= 11 is 5.75. The molecular weight excluding hydrogens is 246 g/mol. The third kappa shape index (κ3) is 3.84. The predicted octanol–water partition coefficient (Wildman–Crippen LogP) is 0.884. The normalized spacial score (nSPS) is 11.6. The van der Waals surface area contributed by atoms with Gasteiger partial charge in [0.05, 0.1) is 5.69 Å². The van der Waals surface area contributed by atoms with Crippen molar-refractivity contribution in [2.45, 2.75) is 13.0 Å². The fourth-order valence-electron chi connectivity index (χ4n) is 1.08. The van der Waals surface area contributed by atoms with Gasteiger partial charge in [-0.2, -0.15) is 0 Å². The summed E-state index contributed by atoms with van der Waals surface area (Å²) in [6.45, 7) is 1.46. The number of nitrogens with two attached hydrogens (primary N) is 2. The molecule has 7 heteroatoms. The van der Waals surface area contributed by atoms with Crippen molar-refractivity contribution in [2.24, 2.45) is 5.73 Å². The molecule has 1 aromatic carbocycles. The molecule has 0 saturated carbocycles. The van der Waals surface area contributed by atoms with Crippen LogP contribution in [0.5, 0.6) is 5.75 Å². The molecule has 0 aliphatic carbocycles. The molecule has 92 valence electrons. The van der Waals surface area contributed by atoms with E-state index in [0.717, 1.165) is 0 Å². The number of rotatable bonds is 3. The summed E-state index contributed by atoms with van der Waals surface area (Å²) in [5.74, 6) is -0.388. The third-order valence-corrected chi connectivity index (χ3v) is 2.13. The topological polar surface area (TPSA) is 107 Å². The Morgan fingerprint density at radius 2 is 2.12 bits per heavy atom. The highest BCUT2D eigenvalue weighted by atomic mass is 35.5. The van der Waals surface area contributed by atoms with Gasteiger partial charge in [0.25, 0.3) is 5.91 Å². The maximum Gasteiger partial charge on any atom is 0.318 e. The molecule has 0 aromatic heterocycles. The average Bonchev–Trinajstić information content (AvgIpc) is 2.22. The van der Waals surface area contributed by atoms with Crippen molar-refractivity contribution >= 4 is 29.2 Å². The highest BCUT2D eigenvalue weighted by Crippen LogP contribution is 2.26. The van der Waals surface area contributed by atoms with Gasteiger partial charge in [-0.3, -0.25) is 10.1 Å². The second kappa shape index (κ2) is 5.40. The monoisotopic (exact) mass is 257 g/mol. The predicted molar refractivity (Wildman–Crippen MR) is 63.7 cm³/mol. The molecule has 0 spiro atoms. The third-order valence-electron chi connectivity index (χ3n) is 1.89. The molecule has 3 amide bonds. The summed E-state index contributed by atoms with van der Waals surface area (Å²) in [7, 11) is 0. The van der Waals surface area contributed by atoms with E-state index in [4.69, 9.17) is 27.8 Å². The molecule has 0 heterocycles. The number of halogens is 1. The molecule has 1 aromatic rings. The van der Waals surface area contributed by atoms with E-state index in [0.29, 0.717) is 10.7 Å². The van der Waals surface area contributed by atoms with Crippen molar-refractivity contribution in [1.29, 1.82) is 0 Å². The first-order chi connectivity index (χ1) is 7.90. The Kier molecular flexibility index (Phi) is 4.17. The number of hydrogen-bond acceptors (Lipinski definition) is 4. The molecule has 1 unspecified atom stereocenters. The van der Waals surface area contributed by atoms with Gasteiger partial charge in [-0.25, -0.2) is 4.79 Å². The van der Waals surface area contributed by atoms with Gasteiger partial charge >= 0.3 is 6.03 Å². The van der Waals surface area contributed by atoms with E-state index < -0.39 is 18.0 Å². The van der Waals surface area contributed by atoms with Crippen LogP contribution in [0, 0.1) is 0 Å². The summed E-state index contributed by atoms with van der Waals surface area (Å²) in [5.41, 5.74) is 10.8. The minimum atomic E-state index is -0.940. The number of amides is 3. The van der Waals surface area contributed by atoms with Crippen LogP contribution in [0.25, 0.3) is 0 Å². The molecule has 0 bridgehead atoms. The molecule has 0 radical (unpaired) electrons. The Morgan fingerprint density at radius 3 is 2.71 bits per heavy atom. The Morgan fingerprint density at radius 1 is 1.47 bits per heavy atom. The Hall–Kier alpha value is -1.95. The number of primary amides is 1. The number of hydrogen-bond donors (Lipinski definition) is 3. The number of imide groups is 1. The van der Waals surface area contributed by atoms with Crippen molar-refractivity contribution in [2.75, 3.05) is 5.73 Å². The Labute approximate surface area is 103 Å². The van der Waals surface area contributed by atoms with Gasteiger partial charge in [-0.05, 0) is 19.1 Å². The summed E-state index contributed by atoms with van der Waals surface area (Å²) < 4.78 is 5.26. The van der Waals surface area contributed by atoms with Crippen LogP contribution in [0.15, 0.2) is 18.2 Å². The van der Waals surface area contributed by atoms with Crippen molar-refractivity contribution in [1.82, 2.24) is 5.32 Å². The van der Waals surface area contributed by atoms with E-state index in [2.05, 4.69) is 0 Å². The van der Waals surface area contributed by atoms with E-state index in [1.807, 2.05) is 5.32 Å². The van der Waals surface area contributed by atoms with Crippen molar-refractivity contribution in [3.63, 3.8) is 0 Å². The van der Waals surface area contributed by atoms with Crippen molar-refractivity contribution in [3.8, 4) is 5.75 Å². The molecule has 5 N–H and O–H groups in total. The van der Waals surface area contributed by atoms with Crippen LogP contribution in [0.3, 0.4) is 0 Å². The second-order valence-electron chi connectivity index (χ2n) is 3.30. The van der Waals surface area contributed by atoms with Gasteiger partial charge in [-0.1, -0.05) is 11.6 Å². The zero-order valence-corrected chi connectivity index (χ0v) is 9.82. The van der Waals surface area contributed by atoms with Crippen LogP contribution in [-0.4, -0.2) is 18.0 Å². The lowest BCUT2D eigenvalue weighted by Crippen LogP contribution is -2.42. The van der Waals surface area contributed by atoms with Gasteiger partial charge in [0.15, 0.2) is 6.10 Å². The maximum absolute atomic E-state index is 11.3. The van der Waals surface area contributed by atoms with Crippen LogP contribution in [0.2, 0.25) is 5.02 Å². The molecule has 0 aliphatic heterocycles. The van der Waals surface area contributed by atoms with Crippen LogP contribution in [-0.2, 0) is 4.79 Å². The van der Waals surface area contributed by atoms with Crippen LogP contribution in [0.1, 0.15) is 6.92 Å². The number of benzene rings is 1. The number of anilines is 1. The van der Waals surface area contributed by atoms with Gasteiger partial charge in [0.2, 0.25) is 0 Å². The summed E-state index contributed by atoms with van der Waals surface area (Å²) in [5, 5.41) is 2.33. The Bertz CT molecular complexity index is 450. The van der Waals surface area contributed by atoms with E-state index in [9.17, 15) is 9.59 Å². The zero-order valence-electron chi connectivity index (χ0n) is 9.07. The minimum Gasteiger partial charge on any atom is -0.479 e. The quantitative estimate of drug-likeness (QED) is 0.699. The van der Waals surface area contributed by atoms with Gasteiger partial charge in [-0.15, -0.1) is 0 Å². The minimum absolute atomic E-state index is 0.268. The molecule has 1 atom stereocenters. The van der Waals surface area contributed by atoms with Gasteiger partial charge in [0.1, 0.15) is 5.75 Å². The average molecular weight is 258 g/mol. The van der Waals surface area contributed by atoms with E-state index in [-0.39, 0.29) is 5.75 Å². The van der Waals surface area contributed by atoms with Crippen LogP contribution in [0.4, 0.5) is 10.5 Å². The largest absolute Gasteiger partial charge is 0.479 e. The number of ether oxygens (including phenoxy) is 1. The van der Waals surface area contributed by atoms with Gasteiger partial charge < -0.3 is 16.2 Å². The first-order valence-electron chi connectivity index (χ1n) is 4.72. The number of nitrogens with one attached hydrogen (secondary N) is 1. The zero-order chi connectivity index (χ0) is 13.0. The highest BCUT2D eigenvalue weighted by Gasteiger charge is 2.17. The molecule has 0 saturated heterocycles. The second-order valence-corrected chi connectivity index (χ2v) is 3.73. The first-order valence-corrected chi connectivity index (χ1v) is 5.10. The maximum atomic E-state index is 11.3. The fraction of sp³-hybridized carbons (Fsp3) is 0.200. The lowest BCUT2D eigenvalue weighted by molar-refractivity contribution is -0.126. The summed E-state index contributed by atoms with van der Waals surface area (Å²) in [4.78, 5) is 21.8. The molecule has 0 fully saturated rings. The number of urea groups is 1. The SMILES string of the molecule is CC(Oc1cc(Cl)ccc1N)C(=O)NC(N)=O. The summed E-state index contributed by atoms with van der Waals surface area (Å²) in [6, 6.07) is 3.68. The van der Waals surface area contributed by atoms with Crippen molar-refractivity contribution in [3.05, 3.63) is 23.2 Å². The fourth-order valence-corrected chi connectivity index (χ4v) is 1.24. The first kappa shape index (κ1) is 13.1. The Balaban J connectivity index is 2.73. The number of carbonyl (C=O) groups is 2. The van der Waals surface area contributed by atoms with E-state index in [1.54, 1.807) is 12.1 Å². The summed E-state index contributed by atoms with van der Waals surface area (Å²) in [6.07, 6.45) is -0.914. The molecule has 1 rings (SSSR count). The van der Waals surface area contributed by atoms with Crippen molar-refractivity contribution < 1.29 is 14.3 Å². The number of nitrogen functional groups attached to an aromatic ring is 1. The molecule has 6 nitrogen and oxygen atoms in total. The lowest BCUT2D eigenvalue weighted by Gasteiger charge is -2.15. The number of carbonyl (C=O) groups excluding carboxylic acids is 2. The highest BCUT2D eigenvalue weighted by molar-refractivity contribution is 6.30. The molecule has 17 heavy (non-hydrogen) atoms.